The third-order valence-corrected chi connectivity index (χ3v) is 3.99. The highest BCUT2D eigenvalue weighted by Gasteiger charge is 2.21. The van der Waals surface area contributed by atoms with Crippen LogP contribution in [-0.2, 0) is 0 Å². The number of β-amino-alcohol motifs (C(OH)–C–C–N with tert-alkyl or cyclic N) is 1. The quantitative estimate of drug-likeness (QED) is 0.765. The van der Waals surface area contributed by atoms with Crippen molar-refractivity contribution in [3.8, 4) is 0 Å². The van der Waals surface area contributed by atoms with E-state index >= 15 is 0 Å². The highest BCUT2D eigenvalue weighted by molar-refractivity contribution is 5.75. The van der Waals surface area contributed by atoms with Crippen LogP contribution in [0.1, 0.15) is 13.8 Å². The highest BCUT2D eigenvalue weighted by atomic mass is 16.3. The average molecular weight is 294 g/mol. The number of nitrogens with zero attached hydrogens (tertiary/aromatic N) is 5. The fraction of sp³-hybridized carbons (Fsp3) is 0.714. The van der Waals surface area contributed by atoms with Crippen molar-refractivity contribution in [3.63, 3.8) is 0 Å². The lowest BCUT2D eigenvalue weighted by Gasteiger charge is -2.36. The molecule has 1 aromatic heterocycles. The summed E-state index contributed by atoms with van der Waals surface area (Å²) in [6.45, 7) is 10.5. The molecule has 1 saturated heterocycles. The van der Waals surface area contributed by atoms with Gasteiger partial charge in [0.15, 0.2) is 11.6 Å². The summed E-state index contributed by atoms with van der Waals surface area (Å²) in [5, 5.41) is 9.00. The van der Waals surface area contributed by atoms with Crippen molar-refractivity contribution < 1.29 is 5.11 Å². The molecule has 0 aromatic carbocycles. The minimum atomic E-state index is 0.210. The van der Waals surface area contributed by atoms with E-state index in [1.807, 2.05) is 0 Å². The molecule has 2 heterocycles. The second kappa shape index (κ2) is 7.42. The van der Waals surface area contributed by atoms with Gasteiger partial charge in [0.1, 0.15) is 12.0 Å². The van der Waals surface area contributed by atoms with Gasteiger partial charge in [-0.25, -0.2) is 9.97 Å². The van der Waals surface area contributed by atoms with Crippen LogP contribution in [0.3, 0.4) is 0 Å². The van der Waals surface area contributed by atoms with E-state index in [2.05, 4.69) is 38.5 Å². The Morgan fingerprint density at radius 2 is 1.86 bits per heavy atom. The number of nitrogens with two attached hydrogens (primary N) is 1. The summed E-state index contributed by atoms with van der Waals surface area (Å²) in [5.74, 6) is 1.65. The zero-order valence-corrected chi connectivity index (χ0v) is 13.0. The Hall–Kier alpha value is -1.60. The van der Waals surface area contributed by atoms with Crippen molar-refractivity contribution in [2.24, 2.45) is 0 Å². The monoisotopic (exact) mass is 294 g/mol. The number of nitrogen functional groups attached to an aromatic ring is 1. The second-order valence-corrected chi connectivity index (χ2v) is 5.16. The number of piperazine rings is 1. The number of rotatable bonds is 6. The normalized spacial score (nSPS) is 16.2. The number of hydrogen-bond acceptors (Lipinski definition) is 7. The molecule has 21 heavy (non-hydrogen) atoms. The molecule has 2 rings (SSSR count). The van der Waals surface area contributed by atoms with Crippen molar-refractivity contribution in [2.75, 3.05) is 68.0 Å². The Labute approximate surface area is 126 Å². The van der Waals surface area contributed by atoms with Crippen LogP contribution in [-0.4, -0.2) is 72.4 Å². The predicted molar refractivity (Wildman–Crippen MR) is 85.7 cm³/mol. The molecule has 0 spiro atoms. The minimum absolute atomic E-state index is 0.210. The van der Waals surface area contributed by atoms with E-state index in [1.165, 1.54) is 0 Å². The number of aliphatic hydroxyl groups is 1. The van der Waals surface area contributed by atoms with Crippen LogP contribution in [0.4, 0.5) is 17.3 Å². The topological polar surface area (TPSA) is 81.8 Å². The SMILES string of the molecule is CCN(CC)c1ncnc(N2CCN(CCO)CC2)c1N. The Morgan fingerprint density at radius 1 is 1.19 bits per heavy atom. The van der Waals surface area contributed by atoms with Gasteiger partial charge in [-0.2, -0.15) is 0 Å². The number of aromatic nitrogens is 2. The van der Waals surface area contributed by atoms with Crippen LogP contribution in [0.5, 0.6) is 0 Å². The summed E-state index contributed by atoms with van der Waals surface area (Å²) < 4.78 is 0. The Balaban J connectivity index is 2.12. The molecule has 0 saturated carbocycles. The number of anilines is 3. The van der Waals surface area contributed by atoms with Crippen molar-refractivity contribution in [1.82, 2.24) is 14.9 Å². The first-order valence-electron chi connectivity index (χ1n) is 7.64. The molecule has 1 aliphatic rings. The van der Waals surface area contributed by atoms with Gasteiger partial charge in [-0.15, -0.1) is 0 Å². The lowest BCUT2D eigenvalue weighted by molar-refractivity contribution is 0.188. The number of aliphatic hydroxyl groups excluding tert-OH is 1. The van der Waals surface area contributed by atoms with E-state index in [9.17, 15) is 0 Å². The van der Waals surface area contributed by atoms with Gasteiger partial charge in [-0.05, 0) is 13.8 Å². The van der Waals surface area contributed by atoms with Gasteiger partial charge in [0.05, 0.1) is 6.61 Å². The van der Waals surface area contributed by atoms with Gasteiger partial charge < -0.3 is 20.6 Å². The van der Waals surface area contributed by atoms with E-state index in [1.54, 1.807) is 6.33 Å². The molecule has 1 aliphatic heterocycles. The second-order valence-electron chi connectivity index (χ2n) is 5.16. The predicted octanol–water partition coefficient (Wildman–Crippen LogP) is 0.0193. The fourth-order valence-corrected chi connectivity index (χ4v) is 2.73. The maximum absolute atomic E-state index is 9.00. The maximum atomic E-state index is 9.00. The standard InChI is InChI=1S/C14H26N6O/c1-3-19(4-2)13-12(15)14(17-11-16-13)20-7-5-18(6-8-20)9-10-21/h11,21H,3-10,15H2,1-2H3. The highest BCUT2D eigenvalue weighted by Crippen LogP contribution is 2.29. The van der Waals surface area contributed by atoms with Crippen LogP contribution < -0.4 is 15.5 Å². The fourth-order valence-electron chi connectivity index (χ4n) is 2.73. The van der Waals surface area contributed by atoms with Gasteiger partial charge in [0.25, 0.3) is 0 Å². The molecular weight excluding hydrogens is 268 g/mol. The zero-order chi connectivity index (χ0) is 15.2. The molecule has 7 nitrogen and oxygen atoms in total. The molecule has 0 amide bonds. The van der Waals surface area contributed by atoms with Gasteiger partial charge >= 0.3 is 0 Å². The summed E-state index contributed by atoms with van der Waals surface area (Å²) in [6, 6.07) is 0. The van der Waals surface area contributed by atoms with E-state index in [-0.39, 0.29) is 6.61 Å². The van der Waals surface area contributed by atoms with Gasteiger partial charge in [-0.3, -0.25) is 4.90 Å². The first-order valence-corrected chi connectivity index (χ1v) is 7.64. The van der Waals surface area contributed by atoms with Crippen LogP contribution in [0, 0.1) is 0 Å². The van der Waals surface area contributed by atoms with Gasteiger partial charge in [-0.1, -0.05) is 0 Å². The third-order valence-electron chi connectivity index (χ3n) is 3.99. The van der Waals surface area contributed by atoms with Gasteiger partial charge in [0.2, 0.25) is 0 Å². The van der Waals surface area contributed by atoms with Crippen molar-refractivity contribution >= 4 is 17.3 Å². The summed E-state index contributed by atoms with van der Waals surface area (Å²) in [4.78, 5) is 15.3. The molecule has 118 valence electrons. The van der Waals surface area contributed by atoms with Crippen molar-refractivity contribution in [1.29, 1.82) is 0 Å². The molecule has 0 atom stereocenters. The third kappa shape index (κ3) is 3.54. The Morgan fingerprint density at radius 3 is 2.43 bits per heavy atom. The molecule has 0 radical (unpaired) electrons. The lowest BCUT2D eigenvalue weighted by Crippen LogP contribution is -2.47. The van der Waals surface area contributed by atoms with Crippen LogP contribution in [0.25, 0.3) is 0 Å². The molecule has 1 aromatic rings. The molecular formula is C14H26N6O. The lowest BCUT2D eigenvalue weighted by atomic mass is 10.3. The minimum Gasteiger partial charge on any atom is -0.395 e. The van der Waals surface area contributed by atoms with Crippen LogP contribution in [0.2, 0.25) is 0 Å². The van der Waals surface area contributed by atoms with E-state index in [0.29, 0.717) is 5.69 Å². The smallest absolute Gasteiger partial charge is 0.157 e. The van der Waals surface area contributed by atoms with Crippen molar-refractivity contribution in [3.05, 3.63) is 6.33 Å². The van der Waals surface area contributed by atoms with E-state index in [4.69, 9.17) is 10.8 Å². The summed E-state index contributed by atoms with van der Waals surface area (Å²) in [5.41, 5.74) is 6.96. The Kier molecular flexibility index (Phi) is 5.58. The van der Waals surface area contributed by atoms with E-state index < -0.39 is 0 Å². The average Bonchev–Trinajstić information content (AvgIpc) is 2.51. The van der Waals surface area contributed by atoms with Gasteiger partial charge in [0, 0.05) is 45.8 Å². The Bertz CT molecular complexity index is 443. The number of hydrogen-bond donors (Lipinski definition) is 2. The largest absolute Gasteiger partial charge is 0.395 e. The van der Waals surface area contributed by atoms with Crippen LogP contribution in [0.15, 0.2) is 6.33 Å². The van der Waals surface area contributed by atoms with E-state index in [0.717, 1.165) is 57.4 Å². The molecule has 7 heteroatoms. The zero-order valence-electron chi connectivity index (χ0n) is 13.0. The van der Waals surface area contributed by atoms with Crippen LogP contribution >= 0.6 is 0 Å². The summed E-state index contributed by atoms with van der Waals surface area (Å²) >= 11 is 0. The summed E-state index contributed by atoms with van der Waals surface area (Å²) in [7, 11) is 0. The molecule has 1 fully saturated rings. The first kappa shape index (κ1) is 15.8. The molecule has 0 aliphatic carbocycles. The summed E-state index contributed by atoms with van der Waals surface area (Å²) in [6.07, 6.45) is 1.60. The molecule has 0 unspecified atom stereocenters. The molecule has 0 bridgehead atoms. The maximum Gasteiger partial charge on any atom is 0.157 e. The first-order chi connectivity index (χ1) is 10.2. The molecule has 3 N–H and O–H groups in total. The van der Waals surface area contributed by atoms with Crippen molar-refractivity contribution in [2.45, 2.75) is 13.8 Å².